The summed E-state index contributed by atoms with van der Waals surface area (Å²) in [5.41, 5.74) is 0.608. The molecule has 0 unspecified atom stereocenters. The minimum Gasteiger partial charge on any atom is -0.478 e. The molecule has 2 rings (SSSR count). The monoisotopic (exact) mass is 311 g/mol. The molecule has 7 heteroatoms. The Labute approximate surface area is 123 Å². The van der Waals surface area contributed by atoms with Gasteiger partial charge in [-0.2, -0.15) is 4.31 Å². The number of aliphatic hydroxyl groups is 1. The van der Waals surface area contributed by atoms with Crippen molar-refractivity contribution >= 4 is 22.1 Å². The number of aliphatic hydroxyl groups excluding tert-OH is 1. The van der Waals surface area contributed by atoms with Crippen LogP contribution in [-0.4, -0.2) is 48.1 Å². The van der Waals surface area contributed by atoms with Gasteiger partial charge in [-0.25, -0.2) is 13.2 Å². The van der Waals surface area contributed by atoms with Crippen molar-refractivity contribution in [3.8, 4) is 0 Å². The van der Waals surface area contributed by atoms with Crippen LogP contribution in [0.25, 0.3) is 6.08 Å². The number of benzene rings is 1. The summed E-state index contributed by atoms with van der Waals surface area (Å²) in [6.45, 7) is 0.229. The predicted molar refractivity (Wildman–Crippen MR) is 77.1 cm³/mol. The third-order valence-corrected chi connectivity index (χ3v) is 5.40. The second kappa shape index (κ2) is 6.38. The molecule has 0 saturated carbocycles. The summed E-state index contributed by atoms with van der Waals surface area (Å²) >= 11 is 0. The lowest BCUT2D eigenvalue weighted by Crippen LogP contribution is -2.37. The summed E-state index contributed by atoms with van der Waals surface area (Å²) in [6, 6.07) is 5.64. The number of rotatable bonds is 5. The molecule has 0 aliphatic carbocycles. The van der Waals surface area contributed by atoms with E-state index >= 15 is 0 Å². The number of hydrogen-bond donors (Lipinski definition) is 2. The highest BCUT2D eigenvalue weighted by atomic mass is 32.2. The smallest absolute Gasteiger partial charge is 0.328 e. The minimum absolute atomic E-state index is 0.148. The van der Waals surface area contributed by atoms with Gasteiger partial charge in [0.2, 0.25) is 10.0 Å². The topological polar surface area (TPSA) is 94.9 Å². The van der Waals surface area contributed by atoms with Crippen LogP contribution in [0, 0.1) is 0 Å². The quantitative estimate of drug-likeness (QED) is 0.789. The summed E-state index contributed by atoms with van der Waals surface area (Å²) in [7, 11) is -3.62. The molecule has 2 N–H and O–H groups in total. The lowest BCUT2D eigenvalue weighted by atomic mass is 10.2. The van der Waals surface area contributed by atoms with Gasteiger partial charge in [-0.1, -0.05) is 12.1 Å². The Morgan fingerprint density at radius 1 is 1.33 bits per heavy atom. The molecule has 0 aromatic heterocycles. The highest BCUT2D eigenvalue weighted by Crippen LogP contribution is 2.26. The van der Waals surface area contributed by atoms with Crippen LogP contribution in [0.3, 0.4) is 0 Å². The number of nitrogens with zero attached hydrogens (tertiary/aromatic N) is 1. The van der Waals surface area contributed by atoms with E-state index in [9.17, 15) is 18.3 Å². The number of carboxylic acid groups (broad SMARTS) is 1. The van der Waals surface area contributed by atoms with E-state index in [2.05, 4.69) is 0 Å². The van der Waals surface area contributed by atoms with E-state index in [0.29, 0.717) is 18.5 Å². The maximum atomic E-state index is 12.5. The van der Waals surface area contributed by atoms with Gasteiger partial charge in [0.25, 0.3) is 0 Å². The molecule has 1 aliphatic heterocycles. The number of aliphatic carboxylic acids is 1. The average molecular weight is 311 g/mol. The largest absolute Gasteiger partial charge is 0.478 e. The zero-order valence-corrected chi connectivity index (χ0v) is 12.2. The van der Waals surface area contributed by atoms with Gasteiger partial charge >= 0.3 is 5.97 Å². The van der Waals surface area contributed by atoms with Crippen molar-refractivity contribution in [2.75, 3.05) is 13.2 Å². The minimum atomic E-state index is -3.62. The number of sulfonamides is 1. The standard InChI is InChI=1S/C14H17NO5S/c16-10-12-2-1-9-15(12)21(19,20)13-6-3-11(4-7-13)5-8-14(17)18/h3-8,12,16H,1-2,9-10H2,(H,17,18)/b8-5+/t12-/m1/s1. The van der Waals surface area contributed by atoms with Crippen molar-refractivity contribution in [3.63, 3.8) is 0 Å². The molecular formula is C14H17NO5S. The van der Waals surface area contributed by atoms with Crippen LogP contribution in [0.1, 0.15) is 18.4 Å². The SMILES string of the molecule is O=C(O)/C=C/c1ccc(S(=O)(=O)N2CCC[C@@H]2CO)cc1. The van der Waals surface area contributed by atoms with Crippen molar-refractivity contribution in [2.45, 2.75) is 23.8 Å². The van der Waals surface area contributed by atoms with Crippen LogP contribution in [0.5, 0.6) is 0 Å². The second-order valence-electron chi connectivity index (χ2n) is 4.83. The van der Waals surface area contributed by atoms with E-state index in [1.807, 2.05) is 0 Å². The number of carbonyl (C=O) groups is 1. The Kier molecular flexibility index (Phi) is 4.76. The third kappa shape index (κ3) is 3.49. The summed E-state index contributed by atoms with van der Waals surface area (Å²) in [4.78, 5) is 10.6. The van der Waals surface area contributed by atoms with Gasteiger partial charge in [0.1, 0.15) is 0 Å². The normalized spacial score (nSPS) is 20.1. The van der Waals surface area contributed by atoms with Gasteiger partial charge in [-0.05, 0) is 36.6 Å². The van der Waals surface area contributed by atoms with Crippen molar-refractivity contribution in [1.82, 2.24) is 4.31 Å². The van der Waals surface area contributed by atoms with E-state index in [4.69, 9.17) is 5.11 Å². The first-order chi connectivity index (χ1) is 9.95. The van der Waals surface area contributed by atoms with Gasteiger partial charge in [0.05, 0.1) is 11.5 Å². The van der Waals surface area contributed by atoms with Crippen molar-refractivity contribution in [3.05, 3.63) is 35.9 Å². The van der Waals surface area contributed by atoms with Crippen molar-refractivity contribution in [2.24, 2.45) is 0 Å². The van der Waals surface area contributed by atoms with Crippen LogP contribution in [0.15, 0.2) is 35.2 Å². The van der Waals surface area contributed by atoms with E-state index < -0.39 is 16.0 Å². The molecule has 1 saturated heterocycles. The maximum absolute atomic E-state index is 12.5. The van der Waals surface area contributed by atoms with Crippen LogP contribution >= 0.6 is 0 Å². The van der Waals surface area contributed by atoms with Crippen LogP contribution in [0.4, 0.5) is 0 Å². The Morgan fingerprint density at radius 2 is 2.00 bits per heavy atom. The van der Waals surface area contributed by atoms with Gasteiger partial charge in [0.15, 0.2) is 0 Å². The molecule has 1 atom stereocenters. The average Bonchev–Trinajstić information content (AvgIpc) is 2.94. The molecule has 0 spiro atoms. The van der Waals surface area contributed by atoms with Crippen LogP contribution < -0.4 is 0 Å². The molecule has 114 valence electrons. The maximum Gasteiger partial charge on any atom is 0.328 e. The molecule has 1 aromatic rings. The fourth-order valence-corrected chi connectivity index (χ4v) is 4.05. The molecule has 0 radical (unpaired) electrons. The van der Waals surface area contributed by atoms with Gasteiger partial charge in [0, 0.05) is 18.7 Å². The van der Waals surface area contributed by atoms with Gasteiger partial charge in [-0.3, -0.25) is 0 Å². The molecule has 1 aromatic carbocycles. The van der Waals surface area contributed by atoms with Crippen LogP contribution in [-0.2, 0) is 14.8 Å². The third-order valence-electron chi connectivity index (χ3n) is 3.44. The first kappa shape index (κ1) is 15.7. The second-order valence-corrected chi connectivity index (χ2v) is 6.73. The molecular weight excluding hydrogens is 294 g/mol. The van der Waals surface area contributed by atoms with Crippen LogP contribution in [0.2, 0.25) is 0 Å². The predicted octanol–water partition coefficient (Wildman–Crippen LogP) is 0.930. The lowest BCUT2D eigenvalue weighted by molar-refractivity contribution is -0.131. The Bertz CT molecular complexity index is 636. The fraction of sp³-hybridized carbons (Fsp3) is 0.357. The molecule has 0 bridgehead atoms. The first-order valence-corrected chi connectivity index (χ1v) is 8.03. The lowest BCUT2D eigenvalue weighted by Gasteiger charge is -2.22. The number of hydrogen-bond acceptors (Lipinski definition) is 4. The Morgan fingerprint density at radius 3 is 2.57 bits per heavy atom. The zero-order chi connectivity index (χ0) is 15.5. The summed E-state index contributed by atoms with van der Waals surface area (Å²) < 4.78 is 26.3. The van der Waals surface area contributed by atoms with E-state index in [-0.39, 0.29) is 17.5 Å². The Balaban J connectivity index is 2.23. The van der Waals surface area contributed by atoms with E-state index in [0.717, 1.165) is 12.5 Å². The van der Waals surface area contributed by atoms with Crippen molar-refractivity contribution < 1.29 is 23.4 Å². The molecule has 0 amide bonds. The summed E-state index contributed by atoms with van der Waals surface area (Å²) in [5, 5.41) is 17.8. The van der Waals surface area contributed by atoms with Gasteiger partial charge < -0.3 is 10.2 Å². The molecule has 1 fully saturated rings. The highest BCUT2D eigenvalue weighted by molar-refractivity contribution is 7.89. The summed E-state index contributed by atoms with van der Waals surface area (Å²) in [5.74, 6) is -1.06. The molecule has 21 heavy (non-hydrogen) atoms. The molecule has 1 heterocycles. The highest BCUT2D eigenvalue weighted by Gasteiger charge is 2.34. The van der Waals surface area contributed by atoms with E-state index in [1.165, 1.54) is 22.5 Å². The zero-order valence-electron chi connectivity index (χ0n) is 11.3. The Hall–Kier alpha value is -1.70. The van der Waals surface area contributed by atoms with Crippen molar-refractivity contribution in [1.29, 1.82) is 0 Å². The summed E-state index contributed by atoms with van der Waals surface area (Å²) in [6.07, 6.45) is 3.79. The fourth-order valence-electron chi connectivity index (χ4n) is 2.36. The van der Waals surface area contributed by atoms with E-state index in [1.54, 1.807) is 12.1 Å². The molecule has 1 aliphatic rings. The molecule has 6 nitrogen and oxygen atoms in total. The first-order valence-electron chi connectivity index (χ1n) is 6.59. The number of carboxylic acids is 1. The van der Waals surface area contributed by atoms with Gasteiger partial charge in [-0.15, -0.1) is 0 Å².